The van der Waals surface area contributed by atoms with Crippen LogP contribution in [-0.4, -0.2) is 50.3 Å². The summed E-state index contributed by atoms with van der Waals surface area (Å²) in [7, 11) is 1.33. The summed E-state index contributed by atoms with van der Waals surface area (Å²) in [5, 5.41) is 7.64. The lowest BCUT2D eigenvalue weighted by molar-refractivity contribution is 0.0602. The summed E-state index contributed by atoms with van der Waals surface area (Å²) in [5.74, 6) is -0.795. The molecule has 3 heterocycles. The number of nitrogens with zero attached hydrogens (tertiary/aromatic N) is 2. The molecule has 1 saturated heterocycles. The third-order valence-corrected chi connectivity index (χ3v) is 6.69. The van der Waals surface area contributed by atoms with Crippen molar-refractivity contribution in [2.24, 2.45) is 0 Å². The number of carbonyl (C=O) groups is 2. The summed E-state index contributed by atoms with van der Waals surface area (Å²) in [6, 6.07) is 7.36. The van der Waals surface area contributed by atoms with Gasteiger partial charge in [0.25, 0.3) is 5.91 Å². The van der Waals surface area contributed by atoms with E-state index in [-0.39, 0.29) is 5.91 Å². The fraction of sp³-hybridized carbons (Fsp3) is 0.286. The van der Waals surface area contributed by atoms with Crippen LogP contribution in [0.2, 0.25) is 0 Å². The molecule has 30 heavy (non-hydrogen) atoms. The molecule has 2 aromatic heterocycles. The summed E-state index contributed by atoms with van der Waals surface area (Å²) >= 11 is 2.92. The van der Waals surface area contributed by atoms with E-state index in [1.807, 2.05) is 29.8 Å². The van der Waals surface area contributed by atoms with E-state index in [0.717, 1.165) is 29.3 Å². The van der Waals surface area contributed by atoms with Gasteiger partial charge in [-0.2, -0.15) is 11.3 Å². The minimum atomic E-state index is -0.500. The topological polar surface area (TPSA) is 80.8 Å². The predicted molar refractivity (Wildman–Crippen MR) is 119 cm³/mol. The Morgan fingerprint density at radius 3 is 2.73 bits per heavy atom. The lowest BCUT2D eigenvalue weighted by Crippen LogP contribution is -2.36. The van der Waals surface area contributed by atoms with Crippen LogP contribution in [0.3, 0.4) is 0 Å². The molecule has 0 saturated carbocycles. The van der Waals surface area contributed by atoms with Gasteiger partial charge in [-0.25, -0.2) is 9.78 Å². The number of aryl methyl sites for hydroxylation is 1. The molecule has 4 rings (SSSR count). The number of rotatable bonds is 5. The SMILES string of the molecule is COC(=O)c1cc(N2CCOCC2)ccc1NC(=O)c1sc(-c2ccsc2)nc1C. The van der Waals surface area contributed by atoms with Crippen LogP contribution in [0.1, 0.15) is 25.7 Å². The number of aromatic nitrogens is 1. The molecular weight excluding hydrogens is 422 g/mol. The molecular formula is C21H21N3O4S2. The van der Waals surface area contributed by atoms with Gasteiger partial charge in [0.2, 0.25) is 0 Å². The normalized spacial score (nSPS) is 13.9. The number of thiazole rings is 1. The Morgan fingerprint density at radius 1 is 1.23 bits per heavy atom. The number of carbonyl (C=O) groups excluding carboxylic acids is 2. The van der Waals surface area contributed by atoms with Crippen LogP contribution in [0.15, 0.2) is 35.0 Å². The van der Waals surface area contributed by atoms with Crippen molar-refractivity contribution in [3.63, 3.8) is 0 Å². The summed E-state index contributed by atoms with van der Waals surface area (Å²) in [6.07, 6.45) is 0. The number of morpholine rings is 1. The van der Waals surface area contributed by atoms with E-state index in [2.05, 4.69) is 15.2 Å². The smallest absolute Gasteiger partial charge is 0.340 e. The zero-order valence-electron chi connectivity index (χ0n) is 16.6. The molecule has 9 heteroatoms. The molecule has 1 aromatic carbocycles. The first-order valence-electron chi connectivity index (χ1n) is 9.43. The number of ether oxygens (including phenoxy) is 2. The van der Waals surface area contributed by atoms with Crippen LogP contribution >= 0.6 is 22.7 Å². The van der Waals surface area contributed by atoms with Crippen molar-refractivity contribution in [1.82, 2.24) is 4.98 Å². The van der Waals surface area contributed by atoms with Crippen molar-refractivity contribution in [2.75, 3.05) is 43.6 Å². The first-order chi connectivity index (χ1) is 14.6. The highest BCUT2D eigenvalue weighted by Gasteiger charge is 2.21. The van der Waals surface area contributed by atoms with E-state index in [1.165, 1.54) is 18.4 Å². The molecule has 1 fully saturated rings. The van der Waals surface area contributed by atoms with Crippen molar-refractivity contribution in [3.05, 3.63) is 51.2 Å². The fourth-order valence-electron chi connectivity index (χ4n) is 3.23. The van der Waals surface area contributed by atoms with E-state index in [9.17, 15) is 9.59 Å². The maximum absolute atomic E-state index is 13.0. The average molecular weight is 444 g/mol. The van der Waals surface area contributed by atoms with Crippen molar-refractivity contribution < 1.29 is 19.1 Å². The van der Waals surface area contributed by atoms with Gasteiger partial charge in [-0.1, -0.05) is 0 Å². The van der Waals surface area contributed by atoms with Gasteiger partial charge >= 0.3 is 5.97 Å². The number of methoxy groups -OCH3 is 1. The summed E-state index contributed by atoms with van der Waals surface area (Å²) in [4.78, 5) is 32.5. The molecule has 0 spiro atoms. The number of anilines is 2. The van der Waals surface area contributed by atoms with Gasteiger partial charge in [0.1, 0.15) is 9.88 Å². The van der Waals surface area contributed by atoms with Crippen LogP contribution in [0.25, 0.3) is 10.6 Å². The first kappa shape index (κ1) is 20.5. The van der Waals surface area contributed by atoms with E-state index < -0.39 is 5.97 Å². The van der Waals surface area contributed by atoms with Crippen LogP contribution in [-0.2, 0) is 9.47 Å². The molecule has 0 atom stereocenters. The summed E-state index contributed by atoms with van der Waals surface area (Å²) in [5.41, 5.74) is 3.27. The van der Waals surface area contributed by atoms with Gasteiger partial charge in [0.15, 0.2) is 0 Å². The van der Waals surface area contributed by atoms with Gasteiger partial charge in [0.05, 0.1) is 37.3 Å². The van der Waals surface area contributed by atoms with Gasteiger partial charge in [0, 0.05) is 29.7 Å². The molecule has 1 N–H and O–H groups in total. The van der Waals surface area contributed by atoms with Gasteiger partial charge < -0.3 is 19.7 Å². The Labute approximate surface area is 182 Å². The molecule has 3 aromatic rings. The first-order valence-corrected chi connectivity index (χ1v) is 11.2. The predicted octanol–water partition coefficient (Wildman–Crippen LogP) is 4.06. The second kappa shape index (κ2) is 8.95. The average Bonchev–Trinajstić information content (AvgIpc) is 3.44. The maximum Gasteiger partial charge on any atom is 0.340 e. The lowest BCUT2D eigenvalue weighted by atomic mass is 10.1. The van der Waals surface area contributed by atoms with Crippen LogP contribution < -0.4 is 10.2 Å². The number of hydrogen-bond acceptors (Lipinski definition) is 8. The number of thiophene rings is 1. The number of nitrogens with one attached hydrogen (secondary N) is 1. The summed E-state index contributed by atoms with van der Waals surface area (Å²) in [6.45, 7) is 4.59. The Balaban J connectivity index is 1.60. The standard InChI is InChI=1S/C21H21N3O4S2/c1-13-18(30-20(22-13)14-5-10-29-12-14)19(25)23-17-4-3-15(11-16(17)21(26)27-2)24-6-8-28-9-7-24/h3-5,10-12H,6-9H2,1-2H3,(H,23,25). The van der Waals surface area contributed by atoms with E-state index in [0.29, 0.717) is 35.0 Å². The molecule has 156 valence electrons. The highest BCUT2D eigenvalue weighted by Crippen LogP contribution is 2.31. The third kappa shape index (κ3) is 4.23. The van der Waals surface area contributed by atoms with E-state index in [1.54, 1.807) is 23.5 Å². The van der Waals surface area contributed by atoms with Crippen molar-refractivity contribution in [2.45, 2.75) is 6.92 Å². The number of esters is 1. The monoisotopic (exact) mass is 443 g/mol. The van der Waals surface area contributed by atoms with Gasteiger partial charge in [-0.15, -0.1) is 11.3 Å². The maximum atomic E-state index is 13.0. The largest absolute Gasteiger partial charge is 0.465 e. The van der Waals surface area contributed by atoms with Crippen molar-refractivity contribution >= 4 is 45.9 Å². The Kier molecular flexibility index (Phi) is 6.12. The third-order valence-electron chi connectivity index (χ3n) is 4.80. The molecule has 0 unspecified atom stereocenters. The fourth-order valence-corrected chi connectivity index (χ4v) is 4.91. The van der Waals surface area contributed by atoms with E-state index in [4.69, 9.17) is 9.47 Å². The molecule has 7 nitrogen and oxygen atoms in total. The number of benzene rings is 1. The summed E-state index contributed by atoms with van der Waals surface area (Å²) < 4.78 is 10.3. The zero-order valence-corrected chi connectivity index (χ0v) is 18.3. The Hall–Kier alpha value is -2.75. The Morgan fingerprint density at radius 2 is 2.03 bits per heavy atom. The number of amides is 1. The minimum Gasteiger partial charge on any atom is -0.465 e. The molecule has 0 aliphatic carbocycles. The molecule has 1 aliphatic heterocycles. The zero-order chi connectivity index (χ0) is 21.1. The second-order valence-corrected chi connectivity index (χ2v) is 8.50. The van der Waals surface area contributed by atoms with Gasteiger partial charge in [-0.05, 0) is 36.6 Å². The molecule has 0 radical (unpaired) electrons. The highest BCUT2D eigenvalue weighted by atomic mass is 32.1. The lowest BCUT2D eigenvalue weighted by Gasteiger charge is -2.29. The minimum absolute atomic E-state index is 0.296. The van der Waals surface area contributed by atoms with E-state index >= 15 is 0 Å². The second-order valence-electron chi connectivity index (χ2n) is 6.72. The molecule has 0 bridgehead atoms. The molecule has 1 aliphatic rings. The number of hydrogen-bond donors (Lipinski definition) is 1. The van der Waals surface area contributed by atoms with Gasteiger partial charge in [-0.3, -0.25) is 4.79 Å². The quantitative estimate of drug-likeness (QED) is 0.599. The molecule has 1 amide bonds. The van der Waals surface area contributed by atoms with Crippen molar-refractivity contribution in [3.8, 4) is 10.6 Å². The van der Waals surface area contributed by atoms with Crippen LogP contribution in [0.4, 0.5) is 11.4 Å². The van der Waals surface area contributed by atoms with Crippen LogP contribution in [0.5, 0.6) is 0 Å². The Bertz CT molecular complexity index is 1060. The highest BCUT2D eigenvalue weighted by molar-refractivity contribution is 7.17. The van der Waals surface area contributed by atoms with Crippen molar-refractivity contribution in [1.29, 1.82) is 0 Å². The van der Waals surface area contributed by atoms with Crippen LogP contribution in [0, 0.1) is 6.92 Å².